The van der Waals surface area contributed by atoms with Crippen molar-refractivity contribution in [1.82, 2.24) is 14.9 Å². The first-order valence-electron chi connectivity index (χ1n) is 5.57. The molecule has 0 radical (unpaired) electrons. The molecule has 0 unspecified atom stereocenters. The third-order valence-electron chi connectivity index (χ3n) is 2.32. The van der Waals surface area contributed by atoms with Crippen molar-refractivity contribution in [3.05, 3.63) is 36.2 Å². The van der Waals surface area contributed by atoms with Crippen LogP contribution in [0.25, 0.3) is 5.52 Å². The van der Waals surface area contributed by atoms with Crippen LogP contribution in [-0.4, -0.2) is 28.7 Å². The lowest BCUT2D eigenvalue weighted by atomic mass is 10.3. The Morgan fingerprint density at radius 2 is 2.41 bits per heavy atom. The van der Waals surface area contributed by atoms with Gasteiger partial charge in [-0.15, -0.1) is 0 Å². The average molecular weight is 233 g/mol. The Kier molecular flexibility index (Phi) is 3.72. The lowest BCUT2D eigenvalue weighted by Gasteiger charge is -2.02. The Balaban J connectivity index is 1.92. The lowest BCUT2D eigenvalue weighted by molar-refractivity contribution is -0.125. The van der Waals surface area contributed by atoms with E-state index in [2.05, 4.69) is 10.4 Å². The number of rotatable bonds is 5. The van der Waals surface area contributed by atoms with Gasteiger partial charge in [0, 0.05) is 12.8 Å². The zero-order chi connectivity index (χ0) is 12.1. The van der Waals surface area contributed by atoms with E-state index < -0.39 is 0 Å². The van der Waals surface area contributed by atoms with E-state index in [9.17, 15) is 4.79 Å². The number of ether oxygens (including phenoxy) is 1. The minimum absolute atomic E-state index is 0.101. The summed E-state index contributed by atoms with van der Waals surface area (Å²) in [5.41, 5.74) is 1.85. The number of nitrogens with zero attached hydrogens (tertiary/aromatic N) is 2. The Morgan fingerprint density at radius 3 is 3.18 bits per heavy atom. The smallest absolute Gasteiger partial charge is 0.246 e. The predicted octanol–water partition coefficient (Wildman–Crippen LogP) is 0.987. The van der Waals surface area contributed by atoms with Gasteiger partial charge in [0.2, 0.25) is 5.91 Å². The van der Waals surface area contributed by atoms with Gasteiger partial charge in [-0.1, -0.05) is 6.07 Å². The van der Waals surface area contributed by atoms with E-state index in [4.69, 9.17) is 4.74 Å². The number of amides is 1. The van der Waals surface area contributed by atoms with Crippen LogP contribution in [0.3, 0.4) is 0 Å². The molecular weight excluding hydrogens is 218 g/mol. The highest BCUT2D eigenvalue weighted by Crippen LogP contribution is 2.05. The van der Waals surface area contributed by atoms with Crippen LogP contribution >= 0.6 is 0 Å². The molecule has 0 fully saturated rings. The van der Waals surface area contributed by atoms with Crippen molar-refractivity contribution in [2.24, 2.45) is 0 Å². The van der Waals surface area contributed by atoms with Crippen LogP contribution in [0.2, 0.25) is 0 Å². The molecule has 0 aromatic carbocycles. The molecule has 17 heavy (non-hydrogen) atoms. The minimum atomic E-state index is -0.121. The molecule has 0 aliphatic rings. The predicted molar refractivity (Wildman–Crippen MR) is 63.5 cm³/mol. The molecule has 90 valence electrons. The molecule has 0 aliphatic heterocycles. The summed E-state index contributed by atoms with van der Waals surface area (Å²) in [5.74, 6) is -0.121. The first-order valence-corrected chi connectivity index (χ1v) is 5.57. The average Bonchev–Trinajstić information content (AvgIpc) is 2.76. The van der Waals surface area contributed by atoms with E-state index in [1.165, 1.54) is 0 Å². The van der Waals surface area contributed by atoms with Crippen LogP contribution in [0.4, 0.5) is 0 Å². The van der Waals surface area contributed by atoms with Gasteiger partial charge < -0.3 is 10.1 Å². The highest BCUT2D eigenvalue weighted by Gasteiger charge is 2.03. The zero-order valence-electron chi connectivity index (χ0n) is 9.72. The van der Waals surface area contributed by atoms with Gasteiger partial charge in [0.25, 0.3) is 0 Å². The molecule has 2 rings (SSSR count). The summed E-state index contributed by atoms with van der Waals surface area (Å²) in [4.78, 5) is 11.3. The van der Waals surface area contributed by atoms with Gasteiger partial charge in [-0.25, -0.2) is 4.52 Å². The molecule has 2 aromatic rings. The van der Waals surface area contributed by atoms with Crippen molar-refractivity contribution in [3.8, 4) is 0 Å². The van der Waals surface area contributed by atoms with Gasteiger partial charge in [0.05, 0.1) is 17.8 Å². The maximum atomic E-state index is 11.3. The molecule has 0 spiro atoms. The topological polar surface area (TPSA) is 55.6 Å². The number of hydrogen-bond acceptors (Lipinski definition) is 3. The standard InChI is InChI=1S/C12H15N3O2/c1-2-17-9-12(16)13-8-10-7-11-5-3-4-6-15(11)14-10/h3-7H,2,8-9H2,1H3,(H,13,16). The van der Waals surface area contributed by atoms with E-state index >= 15 is 0 Å². The second-order valence-electron chi connectivity index (χ2n) is 3.62. The van der Waals surface area contributed by atoms with Gasteiger partial charge in [0.15, 0.2) is 0 Å². The van der Waals surface area contributed by atoms with Gasteiger partial charge in [-0.05, 0) is 25.1 Å². The van der Waals surface area contributed by atoms with Crippen molar-refractivity contribution in [3.63, 3.8) is 0 Å². The van der Waals surface area contributed by atoms with E-state index in [1.807, 2.05) is 37.4 Å². The summed E-state index contributed by atoms with van der Waals surface area (Å²) in [7, 11) is 0. The van der Waals surface area contributed by atoms with Crippen LogP contribution in [0.15, 0.2) is 30.5 Å². The number of carbonyl (C=O) groups is 1. The summed E-state index contributed by atoms with van der Waals surface area (Å²) >= 11 is 0. The van der Waals surface area contributed by atoms with Crippen LogP contribution < -0.4 is 5.32 Å². The van der Waals surface area contributed by atoms with Crippen molar-refractivity contribution in [2.45, 2.75) is 13.5 Å². The molecule has 2 heterocycles. The van der Waals surface area contributed by atoms with Gasteiger partial charge in [0.1, 0.15) is 6.61 Å². The molecule has 0 saturated carbocycles. The molecule has 0 aliphatic carbocycles. The van der Waals surface area contributed by atoms with Crippen molar-refractivity contribution in [1.29, 1.82) is 0 Å². The highest BCUT2D eigenvalue weighted by atomic mass is 16.5. The molecule has 1 N–H and O–H groups in total. The maximum Gasteiger partial charge on any atom is 0.246 e. The monoisotopic (exact) mass is 233 g/mol. The van der Waals surface area contributed by atoms with Gasteiger partial charge in [-0.2, -0.15) is 5.10 Å². The number of pyridine rings is 1. The molecule has 1 amide bonds. The van der Waals surface area contributed by atoms with E-state index in [0.29, 0.717) is 13.2 Å². The number of fused-ring (bicyclic) bond motifs is 1. The van der Waals surface area contributed by atoms with E-state index in [0.717, 1.165) is 11.2 Å². The SMILES string of the molecule is CCOCC(=O)NCc1cc2ccccn2n1. The fourth-order valence-electron chi connectivity index (χ4n) is 1.51. The van der Waals surface area contributed by atoms with Crippen LogP contribution in [0, 0.1) is 0 Å². The molecule has 5 heteroatoms. The fraction of sp³-hybridized carbons (Fsp3) is 0.333. The molecule has 2 aromatic heterocycles. The molecular formula is C12H15N3O2. The lowest BCUT2D eigenvalue weighted by Crippen LogP contribution is -2.27. The number of carbonyl (C=O) groups excluding carboxylic acids is 1. The molecule has 0 bridgehead atoms. The Hall–Kier alpha value is -1.88. The third-order valence-corrected chi connectivity index (χ3v) is 2.32. The molecule has 0 atom stereocenters. The van der Waals surface area contributed by atoms with Gasteiger partial charge in [-0.3, -0.25) is 4.79 Å². The zero-order valence-corrected chi connectivity index (χ0v) is 9.72. The normalized spacial score (nSPS) is 10.6. The van der Waals surface area contributed by atoms with Crippen LogP contribution in [0.5, 0.6) is 0 Å². The van der Waals surface area contributed by atoms with Crippen molar-refractivity contribution >= 4 is 11.4 Å². The molecule has 0 saturated heterocycles. The Morgan fingerprint density at radius 1 is 1.53 bits per heavy atom. The van der Waals surface area contributed by atoms with Gasteiger partial charge >= 0.3 is 0 Å². The van der Waals surface area contributed by atoms with Crippen LogP contribution in [0.1, 0.15) is 12.6 Å². The number of hydrogen-bond donors (Lipinski definition) is 1. The molecule has 5 nitrogen and oxygen atoms in total. The van der Waals surface area contributed by atoms with Crippen molar-refractivity contribution in [2.75, 3.05) is 13.2 Å². The summed E-state index contributed by atoms with van der Waals surface area (Å²) in [6.45, 7) is 2.93. The van der Waals surface area contributed by atoms with Crippen molar-refractivity contribution < 1.29 is 9.53 Å². The Labute approximate surface area is 99.4 Å². The summed E-state index contributed by atoms with van der Waals surface area (Å²) in [5, 5.41) is 7.08. The first-order chi connectivity index (χ1) is 8.29. The quantitative estimate of drug-likeness (QED) is 0.837. The summed E-state index contributed by atoms with van der Waals surface area (Å²) in [6, 6.07) is 7.78. The first kappa shape index (κ1) is 11.6. The number of aromatic nitrogens is 2. The summed E-state index contributed by atoms with van der Waals surface area (Å²) < 4.78 is 6.79. The fourth-order valence-corrected chi connectivity index (χ4v) is 1.51. The summed E-state index contributed by atoms with van der Waals surface area (Å²) in [6.07, 6.45) is 1.88. The van der Waals surface area contributed by atoms with E-state index in [-0.39, 0.29) is 12.5 Å². The highest BCUT2D eigenvalue weighted by molar-refractivity contribution is 5.77. The van der Waals surface area contributed by atoms with E-state index in [1.54, 1.807) is 4.52 Å². The maximum absolute atomic E-state index is 11.3. The largest absolute Gasteiger partial charge is 0.372 e. The minimum Gasteiger partial charge on any atom is -0.372 e. The second kappa shape index (κ2) is 5.45. The number of nitrogens with one attached hydrogen (secondary N) is 1. The third kappa shape index (κ3) is 3.04. The Bertz CT molecular complexity index is 474. The second-order valence-corrected chi connectivity index (χ2v) is 3.62. The van der Waals surface area contributed by atoms with Crippen LogP contribution in [-0.2, 0) is 16.1 Å².